The smallest absolute Gasteiger partial charge is 0.161 e. The van der Waals surface area contributed by atoms with Crippen molar-refractivity contribution in [2.24, 2.45) is 0 Å². The lowest BCUT2D eigenvalue weighted by Crippen LogP contribution is -2.11. The zero-order valence-electron chi connectivity index (χ0n) is 22.8. The summed E-state index contributed by atoms with van der Waals surface area (Å²) in [4.78, 5) is 2.19. The van der Waals surface area contributed by atoms with Gasteiger partial charge in [-0.25, -0.2) is 0 Å². The molecule has 0 aliphatic carbocycles. The number of benzene rings is 1. The van der Waals surface area contributed by atoms with Crippen LogP contribution in [0.1, 0.15) is 109 Å². The first-order valence-corrected chi connectivity index (χ1v) is 13.9. The lowest BCUT2D eigenvalue weighted by Gasteiger charge is -2.16. The topological polar surface area (TPSA) is 21.7 Å². The molecule has 0 heterocycles. The van der Waals surface area contributed by atoms with Crippen molar-refractivity contribution in [2.45, 2.75) is 110 Å². The maximum absolute atomic E-state index is 6.20. The van der Waals surface area contributed by atoms with E-state index >= 15 is 0 Å². The molecule has 194 valence electrons. The fraction of sp³-hybridized carbons (Fsp3) is 0.677. The zero-order valence-corrected chi connectivity index (χ0v) is 22.8. The molecule has 0 N–H and O–H groups in total. The number of allylic oxidation sites excluding steroid dienone is 4. The maximum Gasteiger partial charge on any atom is 0.161 e. The van der Waals surface area contributed by atoms with Gasteiger partial charge in [0.1, 0.15) is 0 Å². The maximum atomic E-state index is 6.20. The van der Waals surface area contributed by atoms with Gasteiger partial charge < -0.3 is 14.4 Å². The van der Waals surface area contributed by atoms with Gasteiger partial charge >= 0.3 is 0 Å². The number of unbranched alkanes of at least 4 members (excludes halogenated alkanes) is 12. The van der Waals surface area contributed by atoms with E-state index in [-0.39, 0.29) is 0 Å². The Labute approximate surface area is 211 Å². The molecular formula is C31H53NO2. The lowest BCUT2D eigenvalue weighted by molar-refractivity contribution is 0.257. The molecule has 1 rings (SSSR count). The van der Waals surface area contributed by atoms with Crippen molar-refractivity contribution in [3.8, 4) is 11.5 Å². The highest BCUT2D eigenvalue weighted by Crippen LogP contribution is 2.29. The van der Waals surface area contributed by atoms with Gasteiger partial charge in [-0.2, -0.15) is 0 Å². The highest BCUT2D eigenvalue weighted by atomic mass is 16.5. The number of nitrogens with zero attached hydrogens (tertiary/aromatic N) is 1. The van der Waals surface area contributed by atoms with E-state index in [0.717, 1.165) is 44.1 Å². The van der Waals surface area contributed by atoms with Crippen LogP contribution >= 0.6 is 0 Å². The molecule has 0 spiro atoms. The van der Waals surface area contributed by atoms with E-state index < -0.39 is 0 Å². The van der Waals surface area contributed by atoms with E-state index in [1.54, 1.807) is 0 Å². The summed E-state index contributed by atoms with van der Waals surface area (Å²) in [6.45, 7) is 6.66. The quantitative estimate of drug-likeness (QED) is 0.124. The van der Waals surface area contributed by atoms with E-state index in [9.17, 15) is 0 Å². The predicted molar refractivity (Wildman–Crippen MR) is 149 cm³/mol. The summed E-state index contributed by atoms with van der Waals surface area (Å²) in [6.07, 6.45) is 26.6. The van der Waals surface area contributed by atoms with Crippen molar-refractivity contribution in [1.29, 1.82) is 0 Å². The molecule has 0 atom stereocenters. The van der Waals surface area contributed by atoms with Crippen LogP contribution in [0.2, 0.25) is 0 Å². The standard InChI is InChI=1S/C31H53NO2/c1-5-7-9-11-13-15-17-19-21-25-33-30-24-23-29(28-32(3)4)27-31(30)34-26-22-20-18-16-14-12-10-8-6-2/h5-8,23-24,27H,9-22,25-26,28H2,1-4H3/b7-5-,8-6-. The van der Waals surface area contributed by atoms with Crippen LogP contribution in [0.4, 0.5) is 0 Å². The van der Waals surface area contributed by atoms with Gasteiger partial charge in [0.05, 0.1) is 13.2 Å². The third kappa shape index (κ3) is 16.8. The normalized spacial score (nSPS) is 11.8. The first-order valence-electron chi connectivity index (χ1n) is 13.9. The van der Waals surface area contributed by atoms with Crippen molar-refractivity contribution in [2.75, 3.05) is 27.3 Å². The lowest BCUT2D eigenvalue weighted by atomic mass is 10.1. The molecule has 0 saturated heterocycles. The summed E-state index contributed by atoms with van der Waals surface area (Å²) in [7, 11) is 4.20. The molecule has 34 heavy (non-hydrogen) atoms. The Morgan fingerprint density at radius 2 is 1.09 bits per heavy atom. The SMILES string of the molecule is C/C=C\CCCCCCCCOc1ccc(CN(C)C)cc1OCCCCCCCC/C=C\C. The Hall–Kier alpha value is -1.74. The number of rotatable bonds is 22. The van der Waals surface area contributed by atoms with Gasteiger partial charge in [-0.1, -0.05) is 81.7 Å². The van der Waals surface area contributed by atoms with E-state index in [1.807, 2.05) is 0 Å². The second-order valence-electron chi connectivity index (χ2n) is 9.67. The van der Waals surface area contributed by atoms with Crippen LogP contribution in [0.3, 0.4) is 0 Å². The van der Waals surface area contributed by atoms with Crippen molar-refractivity contribution in [1.82, 2.24) is 4.90 Å². The third-order valence-electron chi connectivity index (χ3n) is 6.02. The Kier molecular flexibility index (Phi) is 19.4. The first-order chi connectivity index (χ1) is 16.7. The first kappa shape index (κ1) is 30.3. The minimum Gasteiger partial charge on any atom is -0.490 e. The number of hydrogen-bond donors (Lipinski definition) is 0. The molecule has 1 aromatic carbocycles. The number of hydrogen-bond acceptors (Lipinski definition) is 3. The third-order valence-corrected chi connectivity index (χ3v) is 6.02. The minimum absolute atomic E-state index is 0.771. The van der Waals surface area contributed by atoms with E-state index in [0.29, 0.717) is 0 Å². The summed E-state index contributed by atoms with van der Waals surface area (Å²) >= 11 is 0. The summed E-state index contributed by atoms with van der Waals surface area (Å²) in [5.41, 5.74) is 1.27. The van der Waals surface area contributed by atoms with Gasteiger partial charge in [0.15, 0.2) is 11.5 Å². The van der Waals surface area contributed by atoms with Crippen LogP contribution in [0.15, 0.2) is 42.5 Å². The molecule has 0 fully saturated rings. The Morgan fingerprint density at radius 3 is 1.59 bits per heavy atom. The molecule has 0 saturated carbocycles. The Bertz CT molecular complexity index is 651. The van der Waals surface area contributed by atoms with Crippen LogP contribution in [-0.4, -0.2) is 32.2 Å². The second-order valence-corrected chi connectivity index (χ2v) is 9.67. The molecule has 3 nitrogen and oxygen atoms in total. The van der Waals surface area contributed by atoms with Crippen molar-refractivity contribution in [3.05, 3.63) is 48.1 Å². The van der Waals surface area contributed by atoms with Crippen molar-refractivity contribution >= 4 is 0 Å². The minimum atomic E-state index is 0.771. The van der Waals surface area contributed by atoms with Crippen LogP contribution in [0.25, 0.3) is 0 Å². The fourth-order valence-electron chi connectivity index (χ4n) is 4.09. The van der Waals surface area contributed by atoms with E-state index in [2.05, 4.69) is 75.3 Å². The molecule has 3 heteroatoms. The van der Waals surface area contributed by atoms with Crippen LogP contribution in [0, 0.1) is 0 Å². The average Bonchev–Trinajstić information content (AvgIpc) is 2.82. The molecule has 0 radical (unpaired) electrons. The Morgan fingerprint density at radius 1 is 0.618 bits per heavy atom. The van der Waals surface area contributed by atoms with Gasteiger partial charge in [-0.05, 0) is 84.2 Å². The van der Waals surface area contributed by atoms with Gasteiger partial charge in [0, 0.05) is 6.54 Å². The summed E-state index contributed by atoms with van der Waals surface area (Å²) in [5, 5.41) is 0. The largest absolute Gasteiger partial charge is 0.490 e. The molecule has 0 unspecified atom stereocenters. The molecule has 1 aromatic rings. The molecular weight excluding hydrogens is 418 g/mol. The second kappa shape index (κ2) is 21.8. The average molecular weight is 472 g/mol. The summed E-state index contributed by atoms with van der Waals surface area (Å²) < 4.78 is 12.3. The molecule has 0 aromatic heterocycles. The molecule has 0 bridgehead atoms. The van der Waals surface area contributed by atoms with Gasteiger partial charge in [-0.15, -0.1) is 0 Å². The van der Waals surface area contributed by atoms with Gasteiger partial charge in [0.2, 0.25) is 0 Å². The van der Waals surface area contributed by atoms with E-state index in [1.165, 1.54) is 82.6 Å². The highest BCUT2D eigenvalue weighted by molar-refractivity contribution is 5.43. The predicted octanol–water partition coefficient (Wildman–Crippen LogP) is 9.12. The number of ether oxygens (including phenoxy) is 2. The molecule has 0 aliphatic rings. The van der Waals surface area contributed by atoms with Crippen molar-refractivity contribution < 1.29 is 9.47 Å². The molecule has 0 aliphatic heterocycles. The van der Waals surface area contributed by atoms with Crippen LogP contribution in [-0.2, 0) is 6.54 Å². The fourth-order valence-corrected chi connectivity index (χ4v) is 4.09. The highest BCUT2D eigenvalue weighted by Gasteiger charge is 2.08. The molecule has 0 amide bonds. The van der Waals surface area contributed by atoms with Crippen molar-refractivity contribution in [3.63, 3.8) is 0 Å². The van der Waals surface area contributed by atoms with Crippen LogP contribution < -0.4 is 9.47 Å². The van der Waals surface area contributed by atoms with E-state index in [4.69, 9.17) is 9.47 Å². The zero-order chi connectivity index (χ0) is 24.7. The van der Waals surface area contributed by atoms with Crippen LogP contribution in [0.5, 0.6) is 11.5 Å². The summed E-state index contributed by atoms with van der Waals surface area (Å²) in [6, 6.07) is 6.43. The Balaban J connectivity index is 2.31. The summed E-state index contributed by atoms with van der Waals surface area (Å²) in [5.74, 6) is 1.81. The monoisotopic (exact) mass is 471 g/mol. The van der Waals surface area contributed by atoms with Gasteiger partial charge in [0.25, 0.3) is 0 Å². The van der Waals surface area contributed by atoms with Gasteiger partial charge in [-0.3, -0.25) is 0 Å².